The summed E-state index contributed by atoms with van der Waals surface area (Å²) in [5, 5.41) is 7.44. The van der Waals surface area contributed by atoms with Gasteiger partial charge in [0.05, 0.1) is 0 Å². The first-order valence-electron chi connectivity index (χ1n) is 7.23. The number of anilines is 2. The molecule has 1 unspecified atom stereocenters. The maximum atomic E-state index is 4.51. The van der Waals surface area contributed by atoms with Gasteiger partial charge >= 0.3 is 0 Å². The zero-order valence-corrected chi connectivity index (χ0v) is 12.7. The zero-order chi connectivity index (χ0) is 13.5. The van der Waals surface area contributed by atoms with Crippen LogP contribution in [0.2, 0.25) is 0 Å². The standard InChI is InChI=1S/C14H24N4S/c1-3-7-15-14-17-11(2)9-13(18-14)16-10-12-6-4-5-8-19-12/h9,12H,3-8,10H2,1-2H3,(H2,15,16,17,18). The molecule has 0 radical (unpaired) electrons. The summed E-state index contributed by atoms with van der Waals surface area (Å²) >= 11 is 2.08. The van der Waals surface area contributed by atoms with Crippen molar-refractivity contribution in [2.75, 3.05) is 29.5 Å². The van der Waals surface area contributed by atoms with Crippen LogP contribution in [0.5, 0.6) is 0 Å². The van der Waals surface area contributed by atoms with Gasteiger partial charge < -0.3 is 10.6 Å². The van der Waals surface area contributed by atoms with Crippen LogP contribution in [0.25, 0.3) is 0 Å². The summed E-state index contributed by atoms with van der Waals surface area (Å²) in [5.74, 6) is 2.98. The highest BCUT2D eigenvalue weighted by Crippen LogP contribution is 2.25. The Bertz CT molecular complexity index is 391. The van der Waals surface area contributed by atoms with Gasteiger partial charge in [-0.25, -0.2) is 4.98 Å². The highest BCUT2D eigenvalue weighted by molar-refractivity contribution is 7.99. The van der Waals surface area contributed by atoms with Gasteiger partial charge in [-0.15, -0.1) is 0 Å². The predicted octanol–water partition coefficient (Wildman–Crippen LogP) is 3.30. The molecular formula is C14H24N4S. The third-order valence-corrected chi connectivity index (χ3v) is 4.57. The van der Waals surface area contributed by atoms with Gasteiger partial charge in [0.15, 0.2) is 0 Å². The molecule has 0 amide bonds. The van der Waals surface area contributed by atoms with Crippen LogP contribution in [-0.4, -0.2) is 34.1 Å². The number of nitrogens with one attached hydrogen (secondary N) is 2. The molecule has 4 nitrogen and oxygen atoms in total. The molecule has 0 bridgehead atoms. The molecule has 1 fully saturated rings. The minimum atomic E-state index is 0.732. The Morgan fingerprint density at radius 1 is 1.32 bits per heavy atom. The predicted molar refractivity (Wildman–Crippen MR) is 84.1 cm³/mol. The van der Waals surface area contributed by atoms with E-state index in [4.69, 9.17) is 0 Å². The molecular weight excluding hydrogens is 256 g/mol. The van der Waals surface area contributed by atoms with Crippen molar-refractivity contribution in [3.05, 3.63) is 11.8 Å². The van der Waals surface area contributed by atoms with Crippen LogP contribution in [0.15, 0.2) is 6.07 Å². The molecule has 2 N–H and O–H groups in total. The number of aryl methyl sites for hydroxylation is 1. The van der Waals surface area contributed by atoms with Crippen molar-refractivity contribution in [3.8, 4) is 0 Å². The maximum absolute atomic E-state index is 4.51. The second-order valence-electron chi connectivity index (χ2n) is 5.01. The molecule has 2 heterocycles. The molecule has 106 valence electrons. The first-order chi connectivity index (χ1) is 9.28. The molecule has 0 saturated carbocycles. The van der Waals surface area contributed by atoms with E-state index in [-0.39, 0.29) is 0 Å². The van der Waals surface area contributed by atoms with Gasteiger partial charge in [-0.2, -0.15) is 16.7 Å². The third kappa shape index (κ3) is 4.90. The van der Waals surface area contributed by atoms with E-state index in [1.165, 1.54) is 25.0 Å². The Morgan fingerprint density at radius 3 is 2.95 bits per heavy atom. The molecule has 0 aliphatic carbocycles. The fraction of sp³-hybridized carbons (Fsp3) is 0.714. The monoisotopic (exact) mass is 280 g/mol. The molecule has 1 atom stereocenters. The van der Waals surface area contributed by atoms with Crippen LogP contribution in [0.3, 0.4) is 0 Å². The molecule has 0 spiro atoms. The molecule has 0 aromatic carbocycles. The third-order valence-electron chi connectivity index (χ3n) is 3.17. The van der Waals surface area contributed by atoms with Crippen LogP contribution >= 0.6 is 11.8 Å². The number of aromatic nitrogens is 2. The summed E-state index contributed by atoms with van der Waals surface area (Å²) in [6.45, 7) is 6.08. The van der Waals surface area contributed by atoms with Gasteiger partial charge in [-0.1, -0.05) is 13.3 Å². The van der Waals surface area contributed by atoms with Gasteiger partial charge in [-0.3, -0.25) is 0 Å². The number of hydrogen-bond donors (Lipinski definition) is 2. The Hall–Kier alpha value is -0.970. The fourth-order valence-electron chi connectivity index (χ4n) is 2.16. The lowest BCUT2D eigenvalue weighted by molar-refractivity contribution is 0.677. The van der Waals surface area contributed by atoms with Crippen molar-refractivity contribution >= 4 is 23.5 Å². The lowest BCUT2D eigenvalue weighted by Gasteiger charge is -2.21. The van der Waals surface area contributed by atoms with Crippen molar-refractivity contribution in [2.24, 2.45) is 0 Å². The van der Waals surface area contributed by atoms with Crippen molar-refractivity contribution in [1.82, 2.24) is 9.97 Å². The number of hydrogen-bond acceptors (Lipinski definition) is 5. The molecule has 1 aromatic heterocycles. The fourth-order valence-corrected chi connectivity index (χ4v) is 3.40. The minimum Gasteiger partial charge on any atom is -0.369 e. The van der Waals surface area contributed by atoms with Gasteiger partial charge in [-0.05, 0) is 31.9 Å². The molecule has 1 saturated heterocycles. The Kier molecular flexibility index (Phi) is 5.76. The summed E-state index contributed by atoms with van der Waals surface area (Å²) in [6, 6.07) is 2.02. The number of nitrogens with zero attached hydrogens (tertiary/aromatic N) is 2. The van der Waals surface area contributed by atoms with E-state index in [1.54, 1.807) is 0 Å². The second kappa shape index (κ2) is 7.58. The summed E-state index contributed by atoms with van der Waals surface area (Å²) in [4.78, 5) is 8.91. The van der Waals surface area contributed by atoms with Crippen molar-refractivity contribution in [1.29, 1.82) is 0 Å². The average molecular weight is 280 g/mol. The largest absolute Gasteiger partial charge is 0.369 e. The number of thioether (sulfide) groups is 1. The van der Waals surface area contributed by atoms with Crippen LogP contribution in [0, 0.1) is 6.92 Å². The topological polar surface area (TPSA) is 49.8 Å². The number of rotatable bonds is 6. The minimum absolute atomic E-state index is 0.732. The summed E-state index contributed by atoms with van der Waals surface area (Å²) in [5.41, 5.74) is 1.01. The highest BCUT2D eigenvalue weighted by atomic mass is 32.2. The van der Waals surface area contributed by atoms with E-state index in [1.807, 2.05) is 13.0 Å². The Labute approximate surface area is 120 Å². The quantitative estimate of drug-likeness (QED) is 0.837. The van der Waals surface area contributed by atoms with Crippen molar-refractivity contribution < 1.29 is 0 Å². The summed E-state index contributed by atoms with van der Waals surface area (Å²) in [6.07, 6.45) is 5.14. The first kappa shape index (κ1) is 14.4. The average Bonchev–Trinajstić information content (AvgIpc) is 2.43. The van der Waals surface area contributed by atoms with E-state index in [0.717, 1.165) is 42.2 Å². The molecule has 1 aliphatic rings. The van der Waals surface area contributed by atoms with E-state index < -0.39 is 0 Å². The molecule has 5 heteroatoms. The second-order valence-corrected chi connectivity index (χ2v) is 6.42. The Morgan fingerprint density at radius 2 is 2.21 bits per heavy atom. The van der Waals surface area contributed by atoms with Gasteiger partial charge in [0.2, 0.25) is 5.95 Å². The lowest BCUT2D eigenvalue weighted by atomic mass is 10.2. The maximum Gasteiger partial charge on any atom is 0.224 e. The van der Waals surface area contributed by atoms with Crippen molar-refractivity contribution in [2.45, 2.75) is 44.8 Å². The Balaban J connectivity index is 1.89. The van der Waals surface area contributed by atoms with Crippen LogP contribution in [0.1, 0.15) is 38.3 Å². The van der Waals surface area contributed by atoms with E-state index in [9.17, 15) is 0 Å². The van der Waals surface area contributed by atoms with Crippen LogP contribution in [-0.2, 0) is 0 Å². The van der Waals surface area contributed by atoms with Gasteiger partial charge in [0.1, 0.15) is 5.82 Å². The van der Waals surface area contributed by atoms with Crippen molar-refractivity contribution in [3.63, 3.8) is 0 Å². The smallest absolute Gasteiger partial charge is 0.224 e. The van der Waals surface area contributed by atoms with Gasteiger partial charge in [0, 0.05) is 30.1 Å². The molecule has 2 rings (SSSR count). The molecule has 1 aliphatic heterocycles. The van der Waals surface area contributed by atoms with Crippen LogP contribution < -0.4 is 10.6 Å². The van der Waals surface area contributed by atoms with E-state index in [0.29, 0.717) is 0 Å². The normalized spacial score (nSPS) is 19.2. The summed E-state index contributed by atoms with van der Waals surface area (Å²) < 4.78 is 0. The summed E-state index contributed by atoms with van der Waals surface area (Å²) in [7, 11) is 0. The van der Waals surface area contributed by atoms with E-state index >= 15 is 0 Å². The molecule has 1 aromatic rings. The first-order valence-corrected chi connectivity index (χ1v) is 8.28. The zero-order valence-electron chi connectivity index (χ0n) is 11.9. The van der Waals surface area contributed by atoms with Gasteiger partial charge in [0.25, 0.3) is 0 Å². The SMILES string of the molecule is CCCNc1nc(C)cc(NCC2CCCCS2)n1. The van der Waals surface area contributed by atoms with E-state index in [2.05, 4.69) is 39.3 Å². The lowest BCUT2D eigenvalue weighted by Crippen LogP contribution is -2.20. The van der Waals surface area contributed by atoms with Crippen LogP contribution in [0.4, 0.5) is 11.8 Å². The highest BCUT2D eigenvalue weighted by Gasteiger charge is 2.13. The molecule has 19 heavy (non-hydrogen) atoms.